The second-order valence-corrected chi connectivity index (χ2v) is 5.81. The summed E-state index contributed by atoms with van der Waals surface area (Å²) in [5, 5.41) is 11.3. The van der Waals surface area contributed by atoms with E-state index in [0.29, 0.717) is 11.3 Å². The number of hydrogen-bond acceptors (Lipinski definition) is 3. The molecule has 0 saturated heterocycles. The van der Waals surface area contributed by atoms with Crippen LogP contribution in [0.1, 0.15) is 19.4 Å². The molecule has 0 aliphatic carbocycles. The Morgan fingerprint density at radius 1 is 1.53 bits per heavy atom. The van der Waals surface area contributed by atoms with E-state index in [1.165, 1.54) is 0 Å². The number of anilines is 1. The number of amides is 1. The van der Waals surface area contributed by atoms with Crippen LogP contribution in [0.15, 0.2) is 24.3 Å². The van der Waals surface area contributed by atoms with Crippen molar-refractivity contribution in [2.24, 2.45) is 0 Å². The molecule has 0 bridgehead atoms. The van der Waals surface area contributed by atoms with Crippen LogP contribution in [0.4, 0.5) is 5.69 Å². The first-order chi connectivity index (χ1) is 8.02. The Hall–Kier alpha value is -1.67. The molecule has 1 unspecified atom stereocenters. The molecule has 0 saturated carbocycles. The third-order valence-corrected chi connectivity index (χ3v) is 3.67. The minimum atomic E-state index is -1.16. The van der Waals surface area contributed by atoms with E-state index in [9.17, 15) is 9.00 Å². The van der Waals surface area contributed by atoms with Crippen LogP contribution < -0.4 is 5.32 Å². The summed E-state index contributed by atoms with van der Waals surface area (Å²) in [7, 11) is -1.16. The Kier molecular flexibility index (Phi) is 4.85. The van der Waals surface area contributed by atoms with Crippen molar-refractivity contribution < 1.29 is 9.00 Å². The van der Waals surface area contributed by atoms with E-state index in [-0.39, 0.29) is 16.9 Å². The second-order valence-electron chi connectivity index (χ2n) is 3.81. The minimum Gasteiger partial charge on any atom is -0.325 e. The summed E-state index contributed by atoms with van der Waals surface area (Å²) >= 11 is 0. The molecule has 0 fully saturated rings. The number of nitrogens with one attached hydrogen (secondary N) is 1. The van der Waals surface area contributed by atoms with Crippen molar-refractivity contribution in [2.75, 3.05) is 11.1 Å². The first kappa shape index (κ1) is 13.4. The Morgan fingerprint density at radius 3 is 2.82 bits per heavy atom. The topological polar surface area (TPSA) is 70.0 Å². The van der Waals surface area contributed by atoms with Gasteiger partial charge in [0.15, 0.2) is 0 Å². The van der Waals surface area contributed by atoms with E-state index in [2.05, 4.69) is 5.32 Å². The van der Waals surface area contributed by atoms with Gasteiger partial charge in [-0.1, -0.05) is 19.9 Å². The summed E-state index contributed by atoms with van der Waals surface area (Å²) in [5.41, 5.74) is 1.03. The third kappa shape index (κ3) is 4.37. The summed E-state index contributed by atoms with van der Waals surface area (Å²) in [6.45, 7) is 3.61. The van der Waals surface area contributed by atoms with Gasteiger partial charge in [-0.15, -0.1) is 0 Å². The molecule has 1 rings (SSSR count). The highest BCUT2D eigenvalue weighted by atomic mass is 32.2. The molecule has 1 aromatic carbocycles. The van der Waals surface area contributed by atoms with Crippen LogP contribution in [-0.4, -0.2) is 21.1 Å². The van der Waals surface area contributed by atoms with Gasteiger partial charge in [0.2, 0.25) is 5.91 Å². The maximum atomic E-state index is 11.5. The number of carbonyl (C=O) groups is 1. The van der Waals surface area contributed by atoms with Gasteiger partial charge in [0.05, 0.1) is 11.6 Å². The maximum Gasteiger partial charge on any atom is 0.237 e. The van der Waals surface area contributed by atoms with Gasteiger partial charge in [0.25, 0.3) is 0 Å². The number of hydrogen-bond donors (Lipinski definition) is 1. The quantitative estimate of drug-likeness (QED) is 0.883. The van der Waals surface area contributed by atoms with Gasteiger partial charge in [-0.05, 0) is 18.2 Å². The van der Waals surface area contributed by atoms with Crippen LogP contribution >= 0.6 is 0 Å². The molecule has 90 valence electrons. The number of rotatable bonds is 4. The average Bonchev–Trinajstić information content (AvgIpc) is 2.28. The van der Waals surface area contributed by atoms with E-state index in [1.807, 2.05) is 6.07 Å². The van der Waals surface area contributed by atoms with E-state index in [1.54, 1.807) is 38.1 Å². The van der Waals surface area contributed by atoms with Gasteiger partial charge in [-0.3, -0.25) is 9.00 Å². The smallest absolute Gasteiger partial charge is 0.237 e. The number of benzene rings is 1. The van der Waals surface area contributed by atoms with Crippen LogP contribution in [0, 0.1) is 11.3 Å². The fourth-order valence-electron chi connectivity index (χ4n) is 1.16. The molecule has 4 nitrogen and oxygen atoms in total. The lowest BCUT2D eigenvalue weighted by molar-refractivity contribution is -0.113. The van der Waals surface area contributed by atoms with Crippen molar-refractivity contribution >= 4 is 22.4 Å². The van der Waals surface area contributed by atoms with Crippen LogP contribution in [0.5, 0.6) is 0 Å². The molecule has 1 atom stereocenters. The van der Waals surface area contributed by atoms with Gasteiger partial charge < -0.3 is 5.32 Å². The lowest BCUT2D eigenvalue weighted by Gasteiger charge is -2.07. The summed E-state index contributed by atoms with van der Waals surface area (Å²) in [6, 6.07) is 8.60. The van der Waals surface area contributed by atoms with Crippen molar-refractivity contribution in [2.45, 2.75) is 19.1 Å². The van der Waals surface area contributed by atoms with Gasteiger partial charge in [-0.2, -0.15) is 5.26 Å². The summed E-state index contributed by atoms with van der Waals surface area (Å²) in [6.07, 6.45) is 0. The number of nitrogens with zero attached hydrogens (tertiary/aromatic N) is 1. The predicted octanol–water partition coefficient (Wildman–Crippen LogP) is 1.65. The Balaban J connectivity index is 2.63. The largest absolute Gasteiger partial charge is 0.325 e. The second kappa shape index (κ2) is 6.16. The standard InChI is InChI=1S/C12H14N2O2S/c1-9(2)17(16)8-12(15)14-11-5-3-4-10(6-11)7-13/h3-6,9H,8H2,1-2H3,(H,14,15). The highest BCUT2D eigenvalue weighted by molar-refractivity contribution is 7.86. The predicted molar refractivity (Wildman–Crippen MR) is 67.9 cm³/mol. The van der Waals surface area contributed by atoms with Gasteiger partial charge in [-0.25, -0.2) is 0 Å². The molecule has 0 spiro atoms. The molecule has 0 heterocycles. The fourth-order valence-corrected chi connectivity index (χ4v) is 1.82. The van der Waals surface area contributed by atoms with Gasteiger partial charge in [0.1, 0.15) is 5.75 Å². The number of carbonyl (C=O) groups excluding carboxylic acids is 1. The van der Waals surface area contributed by atoms with Crippen molar-refractivity contribution in [1.29, 1.82) is 5.26 Å². The highest BCUT2D eigenvalue weighted by Gasteiger charge is 2.11. The van der Waals surface area contributed by atoms with Gasteiger partial charge >= 0.3 is 0 Å². The first-order valence-electron chi connectivity index (χ1n) is 5.20. The molecule has 0 aliphatic heterocycles. The molecule has 5 heteroatoms. The zero-order chi connectivity index (χ0) is 12.8. The lowest BCUT2D eigenvalue weighted by atomic mass is 10.2. The molecule has 1 N–H and O–H groups in total. The zero-order valence-corrected chi connectivity index (χ0v) is 10.6. The average molecular weight is 250 g/mol. The zero-order valence-electron chi connectivity index (χ0n) is 9.77. The van der Waals surface area contributed by atoms with Crippen LogP contribution in [0.2, 0.25) is 0 Å². The first-order valence-corrected chi connectivity index (χ1v) is 6.58. The molecule has 0 aromatic heterocycles. The Labute approximate surface area is 103 Å². The third-order valence-electron chi connectivity index (χ3n) is 2.07. The maximum absolute atomic E-state index is 11.5. The molecule has 0 radical (unpaired) electrons. The van der Waals surface area contributed by atoms with E-state index >= 15 is 0 Å². The van der Waals surface area contributed by atoms with E-state index in [0.717, 1.165) is 0 Å². The van der Waals surface area contributed by atoms with Crippen molar-refractivity contribution in [3.63, 3.8) is 0 Å². The van der Waals surface area contributed by atoms with Crippen LogP contribution in [0.25, 0.3) is 0 Å². The van der Waals surface area contributed by atoms with Crippen LogP contribution in [0.3, 0.4) is 0 Å². The number of nitriles is 1. The fraction of sp³-hybridized carbons (Fsp3) is 0.333. The summed E-state index contributed by atoms with van der Waals surface area (Å²) in [4.78, 5) is 11.5. The Morgan fingerprint density at radius 2 is 2.24 bits per heavy atom. The van der Waals surface area contributed by atoms with Crippen molar-refractivity contribution in [1.82, 2.24) is 0 Å². The molecule has 0 aliphatic rings. The molecular weight excluding hydrogens is 236 g/mol. The Bertz CT molecular complexity index is 478. The SMILES string of the molecule is CC(C)S(=O)CC(=O)Nc1cccc(C#N)c1. The van der Waals surface area contributed by atoms with Crippen LogP contribution in [-0.2, 0) is 15.6 Å². The minimum absolute atomic E-state index is 0.0194. The molecule has 1 amide bonds. The lowest BCUT2D eigenvalue weighted by Crippen LogP contribution is -2.23. The van der Waals surface area contributed by atoms with E-state index < -0.39 is 10.8 Å². The summed E-state index contributed by atoms with van der Waals surface area (Å²) < 4.78 is 11.5. The van der Waals surface area contributed by atoms with Crippen molar-refractivity contribution in [3.05, 3.63) is 29.8 Å². The van der Waals surface area contributed by atoms with E-state index in [4.69, 9.17) is 5.26 Å². The normalized spacial score (nSPS) is 11.9. The molecular formula is C12H14N2O2S. The van der Waals surface area contributed by atoms with Crippen molar-refractivity contribution in [3.8, 4) is 6.07 Å². The monoisotopic (exact) mass is 250 g/mol. The van der Waals surface area contributed by atoms with Gasteiger partial charge in [0, 0.05) is 21.7 Å². The highest BCUT2D eigenvalue weighted by Crippen LogP contribution is 2.09. The summed E-state index contributed by atoms with van der Waals surface area (Å²) in [5.74, 6) is -0.318. The molecule has 1 aromatic rings. The molecule has 17 heavy (non-hydrogen) atoms.